The molecule has 3 aromatic carbocycles. The second-order valence-electron chi connectivity index (χ2n) is 6.70. The average molecular weight is 451 g/mol. The Labute approximate surface area is 178 Å². The molecule has 3 aromatic rings. The molecule has 0 aliphatic rings. The van der Waals surface area contributed by atoms with E-state index in [2.05, 4.69) is 72.8 Å². The van der Waals surface area contributed by atoms with Crippen LogP contribution < -0.4 is 0 Å². The minimum atomic E-state index is -3.99. The summed E-state index contributed by atoms with van der Waals surface area (Å²) in [6.45, 7) is 7.66. The van der Waals surface area contributed by atoms with Gasteiger partial charge in [-0.15, -0.1) is 0 Å². The summed E-state index contributed by atoms with van der Waals surface area (Å²) < 4.78 is 19.1. The van der Waals surface area contributed by atoms with Gasteiger partial charge in [-0.1, -0.05) is 0 Å². The van der Waals surface area contributed by atoms with Crippen LogP contribution >= 0.6 is 0 Å². The van der Waals surface area contributed by atoms with Gasteiger partial charge in [-0.2, -0.15) is 0 Å². The minimum absolute atomic E-state index is 0.536. The number of benzene rings is 3. The molecule has 0 heterocycles. The first-order valence-electron chi connectivity index (χ1n) is 10.3. The van der Waals surface area contributed by atoms with E-state index >= 15 is 0 Å². The summed E-state index contributed by atoms with van der Waals surface area (Å²) in [4.78, 5) is 0. The predicted octanol–water partition coefficient (Wildman–Crippen LogP) is 5.61. The van der Waals surface area contributed by atoms with Gasteiger partial charge in [0.1, 0.15) is 0 Å². The molecule has 0 saturated carbocycles. The van der Waals surface area contributed by atoms with Gasteiger partial charge in [0.25, 0.3) is 0 Å². The molecule has 0 bridgehead atoms. The summed E-state index contributed by atoms with van der Waals surface area (Å²) in [5, 5.41) is 0. The summed E-state index contributed by atoms with van der Waals surface area (Å²) in [5.41, 5.74) is 3.40. The second kappa shape index (κ2) is 10.2. The fraction of sp³-hybridized carbons (Fsp3) is 0.280. The molecule has 0 unspecified atom stereocenters. The molecule has 0 aliphatic carbocycles. The molecule has 0 atom stereocenters. The van der Waals surface area contributed by atoms with Crippen LogP contribution in [0.3, 0.4) is 0 Å². The first-order valence-corrected chi connectivity index (χ1v) is 14.0. The third-order valence-corrected chi connectivity index (χ3v) is 13.0. The molecule has 4 heteroatoms. The fourth-order valence-corrected chi connectivity index (χ4v) is 11.7. The summed E-state index contributed by atoms with van der Waals surface area (Å²) in [6.07, 6.45) is 0. The van der Waals surface area contributed by atoms with Crippen molar-refractivity contribution in [3.8, 4) is 0 Å². The predicted molar refractivity (Wildman–Crippen MR) is 120 cm³/mol. The Balaban J connectivity index is 2.47. The van der Waals surface area contributed by atoms with Crippen molar-refractivity contribution in [2.75, 3.05) is 19.8 Å². The van der Waals surface area contributed by atoms with E-state index in [1.165, 1.54) is 0 Å². The molecule has 0 fully saturated rings. The van der Waals surface area contributed by atoms with Crippen molar-refractivity contribution in [2.24, 2.45) is 0 Å². The van der Waals surface area contributed by atoms with E-state index < -0.39 is 18.5 Å². The van der Waals surface area contributed by atoms with E-state index in [1.807, 2.05) is 39.0 Å². The quantitative estimate of drug-likeness (QED) is 0.297. The Morgan fingerprint density at radius 2 is 0.793 bits per heavy atom. The maximum absolute atomic E-state index is 6.58. The third-order valence-electron chi connectivity index (χ3n) is 5.08. The molecule has 152 valence electrons. The average Bonchev–Trinajstić information content (AvgIpc) is 2.77. The Bertz CT molecular complexity index is 739. The van der Waals surface area contributed by atoms with Crippen LogP contribution in [0.5, 0.6) is 0 Å². The molecule has 0 amide bonds. The number of hydrogen-bond acceptors (Lipinski definition) is 3. The van der Waals surface area contributed by atoms with Crippen molar-refractivity contribution in [3.63, 3.8) is 0 Å². The molecule has 29 heavy (non-hydrogen) atoms. The van der Waals surface area contributed by atoms with E-state index in [9.17, 15) is 0 Å². The van der Waals surface area contributed by atoms with E-state index in [0.29, 0.717) is 19.8 Å². The molecule has 0 saturated heterocycles. The Morgan fingerprint density at radius 3 is 1.03 bits per heavy atom. The van der Waals surface area contributed by atoms with Gasteiger partial charge in [0.15, 0.2) is 0 Å². The standard InChI is InChI=1S/C25H30GeO3/c1-4-27-26(28-5-2,29-6-3)25(22-16-10-7-11-17-22,23-18-12-8-13-19-23)24-20-14-9-15-21-24/h7-21H,4-6H2,1-3H3. The number of rotatable bonds is 10. The van der Waals surface area contributed by atoms with Crippen LogP contribution in [0.25, 0.3) is 0 Å². The monoisotopic (exact) mass is 452 g/mol. The van der Waals surface area contributed by atoms with Gasteiger partial charge >= 0.3 is 178 Å². The van der Waals surface area contributed by atoms with E-state index in [-0.39, 0.29) is 0 Å². The Kier molecular flexibility index (Phi) is 7.67. The molecule has 0 aromatic heterocycles. The molecule has 0 spiro atoms. The zero-order valence-corrected chi connectivity index (χ0v) is 19.6. The number of hydrogen-bond donors (Lipinski definition) is 0. The van der Waals surface area contributed by atoms with Crippen molar-refractivity contribution in [1.82, 2.24) is 0 Å². The molecule has 3 nitrogen and oxygen atoms in total. The van der Waals surface area contributed by atoms with E-state index in [0.717, 1.165) is 16.7 Å². The van der Waals surface area contributed by atoms with Crippen LogP contribution in [0.15, 0.2) is 91.0 Å². The summed E-state index contributed by atoms with van der Waals surface area (Å²) in [7, 11) is 0. The zero-order chi connectivity index (χ0) is 20.6. The summed E-state index contributed by atoms with van der Waals surface area (Å²) in [5.74, 6) is 0. The van der Waals surface area contributed by atoms with Crippen LogP contribution in [-0.2, 0) is 15.5 Å². The van der Waals surface area contributed by atoms with Crippen molar-refractivity contribution < 1.29 is 11.3 Å². The van der Waals surface area contributed by atoms with Crippen LogP contribution in [0, 0.1) is 0 Å². The second-order valence-corrected chi connectivity index (χ2v) is 12.4. The van der Waals surface area contributed by atoms with Gasteiger partial charge in [0, 0.05) is 0 Å². The normalized spacial score (nSPS) is 12.1. The topological polar surface area (TPSA) is 27.7 Å². The molecule has 0 radical (unpaired) electrons. The molecular weight excluding hydrogens is 421 g/mol. The van der Waals surface area contributed by atoms with Gasteiger partial charge in [-0.05, 0) is 0 Å². The van der Waals surface area contributed by atoms with Gasteiger partial charge < -0.3 is 0 Å². The molecule has 0 N–H and O–H groups in total. The molecule has 3 rings (SSSR count). The van der Waals surface area contributed by atoms with Crippen molar-refractivity contribution in [1.29, 1.82) is 0 Å². The Hall–Kier alpha value is -1.92. The first kappa shape index (κ1) is 21.8. The van der Waals surface area contributed by atoms with Crippen LogP contribution in [-0.4, -0.2) is 34.1 Å². The summed E-state index contributed by atoms with van der Waals surface area (Å²) in [6, 6.07) is 31.6. The summed E-state index contributed by atoms with van der Waals surface area (Å²) >= 11 is -3.99. The van der Waals surface area contributed by atoms with E-state index in [1.54, 1.807) is 0 Å². The van der Waals surface area contributed by atoms with Crippen LogP contribution in [0.2, 0.25) is 0 Å². The third kappa shape index (κ3) is 4.05. The van der Waals surface area contributed by atoms with E-state index in [4.69, 9.17) is 11.3 Å². The van der Waals surface area contributed by atoms with Gasteiger partial charge in [-0.3, -0.25) is 0 Å². The Morgan fingerprint density at radius 1 is 0.517 bits per heavy atom. The van der Waals surface area contributed by atoms with Crippen molar-refractivity contribution >= 4 is 14.3 Å². The molecule has 0 aliphatic heterocycles. The van der Waals surface area contributed by atoms with Gasteiger partial charge in [0.2, 0.25) is 0 Å². The van der Waals surface area contributed by atoms with Gasteiger partial charge in [0.05, 0.1) is 0 Å². The maximum atomic E-state index is 6.58. The zero-order valence-electron chi connectivity index (χ0n) is 17.5. The van der Waals surface area contributed by atoms with Crippen molar-refractivity contribution in [2.45, 2.75) is 25.0 Å². The fourth-order valence-electron chi connectivity index (χ4n) is 4.11. The van der Waals surface area contributed by atoms with Crippen LogP contribution in [0.1, 0.15) is 37.5 Å². The van der Waals surface area contributed by atoms with Crippen LogP contribution in [0.4, 0.5) is 0 Å². The SMILES string of the molecule is CC[O][Ge]([O]CC)([O]CC)[C](c1ccccc1)(c1ccccc1)c1ccccc1. The van der Waals surface area contributed by atoms with Gasteiger partial charge in [-0.25, -0.2) is 0 Å². The van der Waals surface area contributed by atoms with Crippen molar-refractivity contribution in [3.05, 3.63) is 108 Å². The molecular formula is C25H30GeO3. The first-order chi connectivity index (χ1) is 14.2.